The smallest absolute Gasteiger partial charge is 0.289 e. The van der Waals surface area contributed by atoms with Crippen molar-refractivity contribution in [1.29, 1.82) is 0 Å². The predicted octanol–water partition coefficient (Wildman–Crippen LogP) is 5.11. The van der Waals surface area contributed by atoms with E-state index >= 15 is 0 Å². The van der Waals surface area contributed by atoms with E-state index in [-0.39, 0.29) is 5.91 Å². The molecule has 0 aliphatic heterocycles. The first-order valence-corrected chi connectivity index (χ1v) is 9.58. The molecule has 4 nitrogen and oxygen atoms in total. The van der Waals surface area contributed by atoms with E-state index in [0.717, 1.165) is 10.2 Å². The minimum absolute atomic E-state index is 0.341. The number of rotatable bonds is 4. The number of methoxy groups -OCH3 is 1. The van der Waals surface area contributed by atoms with Crippen LogP contribution in [0.2, 0.25) is 14.4 Å². The number of amides is 1. The van der Waals surface area contributed by atoms with Gasteiger partial charge in [-0.15, -0.1) is 11.3 Å². The van der Waals surface area contributed by atoms with Gasteiger partial charge in [0.1, 0.15) is 0 Å². The van der Waals surface area contributed by atoms with Gasteiger partial charge in [-0.2, -0.15) is 4.99 Å². The lowest BCUT2D eigenvalue weighted by Crippen LogP contribution is -2.19. The van der Waals surface area contributed by atoms with Gasteiger partial charge in [-0.1, -0.05) is 46.1 Å². The number of nitrogens with zero attached hydrogens (tertiary/aromatic N) is 2. The first-order valence-electron chi connectivity index (χ1n) is 6.82. The number of aromatic nitrogens is 1. The third kappa shape index (κ3) is 3.54. The van der Waals surface area contributed by atoms with E-state index in [2.05, 4.69) is 4.99 Å². The Kier molecular flexibility index (Phi) is 5.64. The minimum atomic E-state index is -0.341. The van der Waals surface area contributed by atoms with Gasteiger partial charge in [0.2, 0.25) is 0 Å². The monoisotopic (exact) mass is 420 g/mol. The van der Waals surface area contributed by atoms with E-state index in [9.17, 15) is 4.79 Å². The SMILES string of the molecule is COCCn1c(=NC(=O)c2ccc(Cl)s2)sc2ccc(Cl)c(Cl)c21. The van der Waals surface area contributed by atoms with Gasteiger partial charge in [0.05, 0.1) is 36.1 Å². The van der Waals surface area contributed by atoms with Crippen LogP contribution in [0.25, 0.3) is 10.2 Å². The molecule has 2 aromatic heterocycles. The first-order chi connectivity index (χ1) is 11.5. The molecule has 24 heavy (non-hydrogen) atoms. The normalized spacial score (nSPS) is 12.2. The maximum atomic E-state index is 12.4. The van der Waals surface area contributed by atoms with E-state index in [1.54, 1.807) is 25.3 Å². The Morgan fingerprint density at radius 3 is 2.67 bits per heavy atom. The van der Waals surface area contributed by atoms with E-state index < -0.39 is 0 Å². The molecule has 3 rings (SSSR count). The molecule has 0 unspecified atom stereocenters. The van der Waals surface area contributed by atoms with Crippen molar-refractivity contribution in [3.63, 3.8) is 0 Å². The van der Waals surface area contributed by atoms with Gasteiger partial charge < -0.3 is 9.30 Å². The molecule has 1 amide bonds. The molecule has 0 radical (unpaired) electrons. The number of thiazole rings is 1. The Hall–Kier alpha value is -0.890. The predicted molar refractivity (Wildman–Crippen MR) is 101 cm³/mol. The number of halogens is 3. The van der Waals surface area contributed by atoms with Crippen molar-refractivity contribution in [2.45, 2.75) is 6.54 Å². The molecule has 3 aromatic rings. The average molecular weight is 422 g/mol. The van der Waals surface area contributed by atoms with Crippen LogP contribution in [0.15, 0.2) is 29.3 Å². The second-order valence-corrected chi connectivity index (χ2v) is 8.27. The molecule has 0 aliphatic carbocycles. The highest BCUT2D eigenvalue weighted by Gasteiger charge is 2.14. The minimum Gasteiger partial charge on any atom is -0.383 e. The molecule has 2 heterocycles. The van der Waals surface area contributed by atoms with Gasteiger partial charge in [-0.25, -0.2) is 0 Å². The largest absolute Gasteiger partial charge is 0.383 e. The number of hydrogen-bond acceptors (Lipinski definition) is 4. The average Bonchev–Trinajstić information content (AvgIpc) is 3.13. The van der Waals surface area contributed by atoms with Gasteiger partial charge >= 0.3 is 0 Å². The molecule has 0 spiro atoms. The van der Waals surface area contributed by atoms with Crippen LogP contribution in [0.1, 0.15) is 9.67 Å². The van der Waals surface area contributed by atoms with Crippen LogP contribution in [0.4, 0.5) is 0 Å². The summed E-state index contributed by atoms with van der Waals surface area (Å²) in [5, 5.41) is 0.894. The van der Waals surface area contributed by atoms with Crippen molar-refractivity contribution >= 4 is 73.6 Å². The number of thiophene rings is 1. The fourth-order valence-corrected chi connectivity index (χ4v) is 4.62. The molecule has 0 saturated heterocycles. The lowest BCUT2D eigenvalue weighted by atomic mass is 10.3. The van der Waals surface area contributed by atoms with Crippen molar-refractivity contribution in [3.8, 4) is 0 Å². The molecule has 0 aliphatic rings. The summed E-state index contributed by atoms with van der Waals surface area (Å²) in [4.78, 5) is 17.6. The van der Waals surface area contributed by atoms with Crippen LogP contribution in [0.5, 0.6) is 0 Å². The Bertz CT molecular complexity index is 975. The van der Waals surface area contributed by atoms with Gasteiger partial charge in [-0.05, 0) is 24.3 Å². The summed E-state index contributed by atoms with van der Waals surface area (Å²) < 4.78 is 8.45. The van der Waals surface area contributed by atoms with Crippen molar-refractivity contribution in [2.24, 2.45) is 4.99 Å². The van der Waals surface area contributed by atoms with Gasteiger partial charge in [-0.3, -0.25) is 4.79 Å². The van der Waals surface area contributed by atoms with Crippen LogP contribution in [-0.4, -0.2) is 24.2 Å². The third-order valence-corrected chi connectivity index (χ3v) is 6.29. The zero-order valence-electron chi connectivity index (χ0n) is 12.4. The standard InChI is InChI=1S/C15H11Cl3N2O2S2/c1-22-7-6-20-13-9(3-2-8(16)12(13)18)24-15(20)19-14(21)10-4-5-11(17)23-10/h2-5H,6-7H2,1H3. The summed E-state index contributed by atoms with van der Waals surface area (Å²) in [5.41, 5.74) is 0.752. The molecule has 0 atom stereocenters. The van der Waals surface area contributed by atoms with Crippen molar-refractivity contribution in [1.82, 2.24) is 4.57 Å². The molecule has 0 fully saturated rings. The number of carbonyl (C=O) groups is 1. The van der Waals surface area contributed by atoms with E-state index in [4.69, 9.17) is 39.5 Å². The van der Waals surface area contributed by atoms with Crippen LogP contribution in [0.3, 0.4) is 0 Å². The summed E-state index contributed by atoms with van der Waals surface area (Å²) in [6, 6.07) is 6.93. The van der Waals surface area contributed by atoms with E-state index in [1.165, 1.54) is 22.7 Å². The summed E-state index contributed by atoms with van der Waals surface area (Å²) in [7, 11) is 1.61. The Morgan fingerprint density at radius 1 is 1.21 bits per heavy atom. The molecule has 0 saturated carbocycles. The number of carbonyl (C=O) groups excluding carboxylic acids is 1. The maximum Gasteiger partial charge on any atom is 0.289 e. The highest BCUT2D eigenvalue weighted by atomic mass is 35.5. The summed E-state index contributed by atoms with van der Waals surface area (Å²) >= 11 is 20.9. The van der Waals surface area contributed by atoms with E-state index in [0.29, 0.717) is 37.2 Å². The zero-order valence-corrected chi connectivity index (χ0v) is 16.3. The summed E-state index contributed by atoms with van der Waals surface area (Å²) in [5.74, 6) is -0.341. The summed E-state index contributed by atoms with van der Waals surface area (Å²) in [6.45, 7) is 0.967. The Balaban J connectivity index is 2.17. The molecule has 1 aromatic carbocycles. The number of fused-ring (bicyclic) bond motifs is 1. The molecular weight excluding hydrogens is 411 g/mol. The Morgan fingerprint density at radius 2 is 2.00 bits per heavy atom. The van der Waals surface area contributed by atoms with Crippen LogP contribution >= 0.6 is 57.5 Å². The second-order valence-electron chi connectivity index (χ2n) is 4.76. The molecule has 126 valence electrons. The second kappa shape index (κ2) is 7.56. The molecule has 0 bridgehead atoms. The Labute approximate surface area is 160 Å². The quantitative estimate of drug-likeness (QED) is 0.587. The van der Waals surface area contributed by atoms with Gasteiger partial charge in [0.15, 0.2) is 4.80 Å². The van der Waals surface area contributed by atoms with Gasteiger partial charge in [0, 0.05) is 13.7 Å². The fourth-order valence-electron chi connectivity index (χ4n) is 2.15. The maximum absolute atomic E-state index is 12.4. The number of benzene rings is 1. The van der Waals surface area contributed by atoms with Crippen LogP contribution in [0, 0.1) is 0 Å². The number of ether oxygens (including phenoxy) is 1. The highest BCUT2D eigenvalue weighted by Crippen LogP contribution is 2.32. The van der Waals surface area contributed by atoms with Crippen molar-refractivity contribution < 1.29 is 9.53 Å². The zero-order chi connectivity index (χ0) is 17.3. The van der Waals surface area contributed by atoms with Crippen molar-refractivity contribution in [3.05, 3.63) is 48.3 Å². The number of hydrogen-bond donors (Lipinski definition) is 0. The summed E-state index contributed by atoms with van der Waals surface area (Å²) in [6.07, 6.45) is 0. The van der Waals surface area contributed by atoms with Crippen molar-refractivity contribution in [2.75, 3.05) is 13.7 Å². The lowest BCUT2D eigenvalue weighted by Gasteiger charge is -2.06. The molecular formula is C15H11Cl3N2O2S2. The van der Waals surface area contributed by atoms with Crippen LogP contribution in [-0.2, 0) is 11.3 Å². The van der Waals surface area contributed by atoms with Gasteiger partial charge in [0.25, 0.3) is 5.91 Å². The molecule has 0 N–H and O–H groups in total. The van der Waals surface area contributed by atoms with Crippen LogP contribution < -0.4 is 4.80 Å². The van der Waals surface area contributed by atoms with E-state index in [1.807, 2.05) is 10.6 Å². The topological polar surface area (TPSA) is 43.6 Å². The first kappa shape index (κ1) is 17.9. The fraction of sp³-hybridized carbons (Fsp3) is 0.200. The third-order valence-electron chi connectivity index (χ3n) is 3.23. The molecule has 9 heteroatoms. The lowest BCUT2D eigenvalue weighted by molar-refractivity contribution is 0.100. The highest BCUT2D eigenvalue weighted by molar-refractivity contribution is 7.18.